The summed E-state index contributed by atoms with van der Waals surface area (Å²) in [6.07, 6.45) is 15.7. The zero-order valence-electron chi connectivity index (χ0n) is 27.2. The molecule has 50 heavy (non-hydrogen) atoms. The summed E-state index contributed by atoms with van der Waals surface area (Å²) in [5.74, 6) is 2.30. The van der Waals surface area contributed by atoms with Crippen LogP contribution in [-0.4, -0.2) is 15.0 Å². The van der Waals surface area contributed by atoms with Crippen molar-refractivity contribution in [1.29, 1.82) is 0 Å². The van der Waals surface area contributed by atoms with Crippen molar-refractivity contribution in [2.45, 2.75) is 25.2 Å². The van der Waals surface area contributed by atoms with E-state index in [0.29, 0.717) is 5.82 Å². The van der Waals surface area contributed by atoms with Gasteiger partial charge in [-0.3, -0.25) is 0 Å². The summed E-state index contributed by atoms with van der Waals surface area (Å²) in [7, 11) is 0. The molecule has 2 aliphatic carbocycles. The van der Waals surface area contributed by atoms with Crippen molar-refractivity contribution >= 4 is 64.6 Å². The fraction of sp³-hybridized carbons (Fsp3) is 0.0889. The monoisotopic (exact) mass is 661 g/mol. The number of allylic oxidation sites excluding steroid dienone is 8. The van der Waals surface area contributed by atoms with Crippen molar-refractivity contribution in [1.82, 2.24) is 15.0 Å². The van der Waals surface area contributed by atoms with Crippen LogP contribution in [0.25, 0.3) is 75.8 Å². The van der Waals surface area contributed by atoms with E-state index in [1.165, 1.54) is 36.9 Å². The van der Waals surface area contributed by atoms with Gasteiger partial charge in [0, 0.05) is 42.4 Å². The quantitative estimate of drug-likeness (QED) is 0.184. The molecule has 0 saturated carbocycles. The van der Waals surface area contributed by atoms with Gasteiger partial charge < -0.3 is 4.42 Å². The molecule has 8 aromatic rings. The standard InChI is InChI=1S/C45H31N3OS/c1-3-12-28(13-4-1)29-24-26-31(27-25-29)44-46-43(30-14-5-2-6-15-30)47-45(48-44)35-19-10-21-37-42(35)41-33(17-9-20-36(41)49-37)32-18-11-23-39-40(32)34-16-7-8-22-38(34)50-39/h1-14,16-24,26,30H,15,25,27H2. The first-order chi connectivity index (χ1) is 24.8. The van der Waals surface area contributed by atoms with Gasteiger partial charge in [-0.25, -0.2) is 15.0 Å². The van der Waals surface area contributed by atoms with E-state index in [1.54, 1.807) is 0 Å². The van der Waals surface area contributed by atoms with Gasteiger partial charge in [-0.05, 0) is 71.4 Å². The maximum absolute atomic E-state index is 6.60. The molecule has 3 heterocycles. The van der Waals surface area contributed by atoms with E-state index < -0.39 is 0 Å². The predicted octanol–water partition coefficient (Wildman–Crippen LogP) is 12.3. The minimum Gasteiger partial charge on any atom is -0.456 e. The van der Waals surface area contributed by atoms with Crippen LogP contribution < -0.4 is 0 Å². The number of furan rings is 1. The molecule has 5 aromatic carbocycles. The van der Waals surface area contributed by atoms with Crippen LogP contribution in [0.2, 0.25) is 0 Å². The average Bonchev–Trinajstić information content (AvgIpc) is 3.77. The van der Waals surface area contributed by atoms with E-state index in [9.17, 15) is 0 Å². The molecule has 0 bridgehead atoms. The van der Waals surface area contributed by atoms with Gasteiger partial charge in [0.25, 0.3) is 0 Å². The lowest BCUT2D eigenvalue weighted by molar-refractivity contribution is 0.669. The molecule has 0 amide bonds. The van der Waals surface area contributed by atoms with Gasteiger partial charge in [-0.1, -0.05) is 121 Å². The molecule has 0 spiro atoms. The highest BCUT2D eigenvalue weighted by Gasteiger charge is 2.23. The Morgan fingerprint density at radius 2 is 1.24 bits per heavy atom. The second-order valence-electron chi connectivity index (χ2n) is 13.0. The number of nitrogens with zero attached hydrogens (tertiary/aromatic N) is 3. The van der Waals surface area contributed by atoms with Gasteiger partial charge in [0.15, 0.2) is 11.6 Å². The van der Waals surface area contributed by atoms with Crippen molar-refractivity contribution in [2.75, 3.05) is 0 Å². The molecule has 1 atom stereocenters. The average molecular weight is 662 g/mol. The first-order valence-corrected chi connectivity index (χ1v) is 18.0. The van der Waals surface area contributed by atoms with Gasteiger partial charge in [0.2, 0.25) is 0 Å². The summed E-state index contributed by atoms with van der Waals surface area (Å²) in [5, 5.41) is 4.67. The molecule has 0 N–H and O–H groups in total. The van der Waals surface area contributed by atoms with Gasteiger partial charge in [-0.2, -0.15) is 0 Å². The largest absolute Gasteiger partial charge is 0.456 e. The van der Waals surface area contributed by atoms with E-state index in [0.717, 1.165) is 69.5 Å². The molecule has 10 rings (SSSR count). The molecule has 0 aliphatic heterocycles. The maximum atomic E-state index is 6.60. The second-order valence-corrected chi connectivity index (χ2v) is 14.1. The summed E-state index contributed by atoms with van der Waals surface area (Å²) in [5.41, 5.74) is 8.70. The Balaban J connectivity index is 1.19. The van der Waals surface area contributed by atoms with Crippen LogP contribution >= 0.6 is 11.3 Å². The molecule has 238 valence electrons. The number of aromatic nitrogens is 3. The summed E-state index contributed by atoms with van der Waals surface area (Å²) in [6.45, 7) is 0. The minimum atomic E-state index is 0.0837. The van der Waals surface area contributed by atoms with Crippen molar-refractivity contribution in [3.8, 4) is 22.5 Å². The lowest BCUT2D eigenvalue weighted by Crippen LogP contribution is -2.10. The third-order valence-corrected chi connectivity index (χ3v) is 11.1. The van der Waals surface area contributed by atoms with Crippen LogP contribution in [0.3, 0.4) is 0 Å². The number of hydrogen-bond donors (Lipinski definition) is 0. The first-order valence-electron chi connectivity index (χ1n) is 17.2. The van der Waals surface area contributed by atoms with Crippen LogP contribution in [0.5, 0.6) is 0 Å². The van der Waals surface area contributed by atoms with E-state index in [1.807, 2.05) is 17.4 Å². The van der Waals surface area contributed by atoms with Gasteiger partial charge in [0.05, 0.1) is 0 Å². The Morgan fingerprint density at radius 1 is 0.560 bits per heavy atom. The third-order valence-electron chi connectivity index (χ3n) is 10.0. The summed E-state index contributed by atoms with van der Waals surface area (Å²) in [4.78, 5) is 15.6. The Bertz CT molecular complexity index is 2740. The second kappa shape index (κ2) is 11.9. The maximum Gasteiger partial charge on any atom is 0.164 e. The number of thiophene rings is 1. The zero-order chi connectivity index (χ0) is 33.0. The lowest BCUT2D eigenvalue weighted by atomic mass is 9.92. The predicted molar refractivity (Wildman–Crippen MR) is 208 cm³/mol. The Kier molecular flexibility index (Phi) is 6.91. The summed E-state index contributed by atoms with van der Waals surface area (Å²) < 4.78 is 9.17. The van der Waals surface area contributed by atoms with Crippen molar-refractivity contribution in [2.24, 2.45) is 0 Å². The van der Waals surface area contributed by atoms with E-state index >= 15 is 0 Å². The summed E-state index contributed by atoms with van der Waals surface area (Å²) in [6, 6.07) is 38.6. The van der Waals surface area contributed by atoms with Crippen LogP contribution in [0, 0.1) is 0 Å². The van der Waals surface area contributed by atoms with E-state index in [4.69, 9.17) is 19.4 Å². The molecule has 0 saturated heterocycles. The molecule has 1 unspecified atom stereocenters. The van der Waals surface area contributed by atoms with E-state index in [2.05, 4.69) is 140 Å². The summed E-state index contributed by atoms with van der Waals surface area (Å²) >= 11 is 1.84. The highest BCUT2D eigenvalue weighted by Crippen LogP contribution is 2.46. The Hall–Kier alpha value is -5.91. The molecular formula is C45H31N3OS. The van der Waals surface area contributed by atoms with Crippen LogP contribution in [0.1, 0.15) is 42.4 Å². The fourth-order valence-electron chi connectivity index (χ4n) is 7.59. The van der Waals surface area contributed by atoms with Crippen molar-refractivity contribution < 1.29 is 4.42 Å². The highest BCUT2D eigenvalue weighted by atomic mass is 32.1. The highest BCUT2D eigenvalue weighted by molar-refractivity contribution is 7.25. The van der Waals surface area contributed by atoms with Crippen LogP contribution in [0.4, 0.5) is 0 Å². The van der Waals surface area contributed by atoms with Gasteiger partial charge in [0.1, 0.15) is 17.0 Å². The third kappa shape index (κ3) is 4.85. The number of hydrogen-bond acceptors (Lipinski definition) is 5. The van der Waals surface area contributed by atoms with Crippen molar-refractivity contribution in [3.63, 3.8) is 0 Å². The SMILES string of the molecule is C1=CCC(c2nc(C3=CC=C(c4ccccc4)CC3)nc(-c3cccc4oc5cccc(-c6cccc7sc8ccccc8c67)c5c34)n2)C=C1. The Labute approximate surface area is 293 Å². The Morgan fingerprint density at radius 3 is 2.04 bits per heavy atom. The topological polar surface area (TPSA) is 51.8 Å². The molecule has 0 radical (unpaired) electrons. The molecule has 0 fully saturated rings. The molecular weight excluding hydrogens is 631 g/mol. The van der Waals surface area contributed by atoms with Crippen LogP contribution in [0.15, 0.2) is 150 Å². The fourth-order valence-corrected chi connectivity index (χ4v) is 8.72. The molecule has 4 nitrogen and oxygen atoms in total. The lowest BCUT2D eigenvalue weighted by Gasteiger charge is -2.18. The first kappa shape index (κ1) is 29.0. The van der Waals surface area contributed by atoms with E-state index in [-0.39, 0.29) is 5.92 Å². The normalized spacial score (nSPS) is 16.0. The van der Waals surface area contributed by atoms with Crippen LogP contribution in [-0.2, 0) is 0 Å². The zero-order valence-corrected chi connectivity index (χ0v) is 28.0. The van der Waals surface area contributed by atoms with Gasteiger partial charge >= 0.3 is 0 Å². The number of fused-ring (bicyclic) bond motifs is 6. The molecule has 5 heteroatoms. The number of benzene rings is 5. The molecule has 3 aromatic heterocycles. The van der Waals surface area contributed by atoms with Crippen molar-refractivity contribution in [3.05, 3.63) is 163 Å². The molecule has 2 aliphatic rings. The van der Waals surface area contributed by atoms with Gasteiger partial charge in [-0.15, -0.1) is 11.3 Å². The number of rotatable bonds is 5. The smallest absolute Gasteiger partial charge is 0.164 e. The minimum absolute atomic E-state index is 0.0837.